The van der Waals surface area contributed by atoms with Crippen molar-refractivity contribution in [2.24, 2.45) is 5.21 Å². The zero-order chi connectivity index (χ0) is 19.9. The first-order valence-corrected chi connectivity index (χ1v) is 9.12. The summed E-state index contributed by atoms with van der Waals surface area (Å²) in [6, 6.07) is 10.6. The van der Waals surface area contributed by atoms with Gasteiger partial charge in [0.1, 0.15) is 11.5 Å². The van der Waals surface area contributed by atoms with Crippen molar-refractivity contribution in [1.29, 1.82) is 5.41 Å². The Bertz CT molecular complexity index is 1140. The van der Waals surface area contributed by atoms with Gasteiger partial charge in [0.25, 0.3) is 0 Å². The molecule has 4 rings (SSSR count). The van der Waals surface area contributed by atoms with Gasteiger partial charge in [0, 0.05) is 15.6 Å². The van der Waals surface area contributed by atoms with Crippen LogP contribution >= 0.6 is 23.2 Å². The molecule has 9 heteroatoms. The van der Waals surface area contributed by atoms with E-state index in [1.54, 1.807) is 18.2 Å². The molecule has 142 valence electrons. The minimum Gasteiger partial charge on any atom is -0.265 e. The van der Waals surface area contributed by atoms with Gasteiger partial charge in [-0.25, -0.2) is 9.37 Å². The van der Waals surface area contributed by atoms with Crippen LogP contribution in [0.2, 0.25) is 10.0 Å². The Hall–Kier alpha value is -2.64. The average Bonchev–Trinajstić information content (AvgIpc) is 3.46. The summed E-state index contributed by atoms with van der Waals surface area (Å²) in [6.45, 7) is 0. The van der Waals surface area contributed by atoms with E-state index in [1.165, 1.54) is 30.5 Å². The molecule has 1 aromatic heterocycles. The van der Waals surface area contributed by atoms with Crippen LogP contribution < -0.4 is 5.62 Å². The molecule has 2 aromatic carbocycles. The minimum atomic E-state index is -0.813. The van der Waals surface area contributed by atoms with Crippen molar-refractivity contribution < 1.29 is 8.87 Å². The third-order valence-electron chi connectivity index (χ3n) is 4.76. The molecule has 1 saturated carbocycles. The molecule has 0 bridgehead atoms. The Labute approximate surface area is 168 Å². The van der Waals surface area contributed by atoms with E-state index in [2.05, 4.69) is 15.3 Å². The van der Waals surface area contributed by atoms with Crippen LogP contribution in [0.5, 0.6) is 0 Å². The zero-order valence-corrected chi connectivity index (χ0v) is 15.8. The highest BCUT2D eigenvalue weighted by Crippen LogP contribution is 2.52. The molecule has 0 unspecified atom stereocenters. The van der Waals surface area contributed by atoms with Crippen LogP contribution in [0.15, 0.2) is 53.9 Å². The molecule has 1 heterocycles. The zero-order valence-electron chi connectivity index (χ0n) is 14.3. The second kappa shape index (κ2) is 7.07. The van der Waals surface area contributed by atoms with Crippen LogP contribution in [-0.4, -0.2) is 20.6 Å². The Balaban J connectivity index is 1.82. The Morgan fingerprint density at radius 1 is 1.14 bits per heavy atom. The van der Waals surface area contributed by atoms with E-state index in [0.717, 1.165) is 4.68 Å². The van der Waals surface area contributed by atoms with Crippen LogP contribution in [0.25, 0.3) is 11.3 Å². The fourth-order valence-electron chi connectivity index (χ4n) is 3.19. The summed E-state index contributed by atoms with van der Waals surface area (Å²) in [5.74, 6) is -0.458. The minimum absolute atomic E-state index is 0.0711. The van der Waals surface area contributed by atoms with E-state index < -0.39 is 5.41 Å². The molecule has 1 aliphatic rings. The van der Waals surface area contributed by atoms with Crippen LogP contribution in [0.4, 0.5) is 8.87 Å². The van der Waals surface area contributed by atoms with Gasteiger partial charge in [-0.3, -0.25) is 5.41 Å². The summed E-state index contributed by atoms with van der Waals surface area (Å²) in [6.07, 6.45) is 2.55. The summed E-state index contributed by atoms with van der Waals surface area (Å²) < 4.78 is 28.1. The molecular weight excluding hydrogens is 407 g/mol. The highest BCUT2D eigenvalue weighted by atomic mass is 35.5. The number of nitrogens with one attached hydrogen (secondary N) is 1. The molecule has 0 radical (unpaired) electrons. The summed E-state index contributed by atoms with van der Waals surface area (Å²) in [5, 5.41) is 16.2. The lowest BCUT2D eigenvalue weighted by molar-refractivity contribution is 0.517. The van der Waals surface area contributed by atoms with E-state index in [4.69, 9.17) is 28.6 Å². The molecule has 28 heavy (non-hydrogen) atoms. The number of halogens is 4. The van der Waals surface area contributed by atoms with Crippen molar-refractivity contribution >= 4 is 29.0 Å². The maximum absolute atomic E-state index is 13.8. The number of aromatic nitrogens is 3. The first-order chi connectivity index (χ1) is 13.4. The van der Waals surface area contributed by atoms with Crippen molar-refractivity contribution in [3.63, 3.8) is 0 Å². The van der Waals surface area contributed by atoms with Crippen LogP contribution in [0, 0.1) is 11.2 Å². The number of rotatable bonds is 3. The lowest BCUT2D eigenvalue weighted by Gasteiger charge is -2.19. The van der Waals surface area contributed by atoms with E-state index >= 15 is 0 Å². The van der Waals surface area contributed by atoms with E-state index in [1.807, 2.05) is 0 Å². The van der Waals surface area contributed by atoms with Gasteiger partial charge >= 0.3 is 0 Å². The Morgan fingerprint density at radius 3 is 2.46 bits per heavy atom. The summed E-state index contributed by atoms with van der Waals surface area (Å²) in [7, 11) is 0. The van der Waals surface area contributed by atoms with Crippen molar-refractivity contribution in [1.82, 2.24) is 14.8 Å². The molecule has 1 fully saturated rings. The maximum Gasteiger partial charge on any atom is 0.244 e. The van der Waals surface area contributed by atoms with Gasteiger partial charge in [-0.05, 0) is 54.8 Å². The van der Waals surface area contributed by atoms with Crippen molar-refractivity contribution in [3.05, 3.63) is 75.7 Å². The monoisotopic (exact) mass is 419 g/mol. The van der Waals surface area contributed by atoms with Crippen molar-refractivity contribution in [3.8, 4) is 11.3 Å². The molecule has 1 N–H and O–H groups in total. The van der Waals surface area contributed by atoms with Gasteiger partial charge in [-0.15, -0.1) is 0 Å². The average molecular weight is 420 g/mol. The number of hydrogen-bond donors (Lipinski definition) is 1. The lowest BCUT2D eigenvalue weighted by atomic mass is 9.94. The summed E-state index contributed by atoms with van der Waals surface area (Å²) >= 11 is 12.3. The third-order valence-corrected chi connectivity index (χ3v) is 5.31. The molecular formula is C19H13Cl2F2N5. The normalized spacial score (nSPS) is 15.5. The van der Waals surface area contributed by atoms with Gasteiger partial charge < -0.3 is 0 Å². The van der Waals surface area contributed by atoms with Gasteiger partial charge in [0.05, 0.1) is 11.6 Å². The van der Waals surface area contributed by atoms with Crippen LogP contribution in [-0.2, 0) is 5.41 Å². The SMILES string of the molecule is N=c1ncc(-c2ccc(F)cc2)nn1/C(=N\F)C1(c2ccc(Cl)cc2Cl)CC1. The number of benzene rings is 2. The molecule has 3 aromatic rings. The van der Waals surface area contributed by atoms with E-state index in [-0.39, 0.29) is 17.3 Å². The van der Waals surface area contributed by atoms with Gasteiger partial charge in [-0.2, -0.15) is 9.78 Å². The predicted molar refractivity (Wildman–Crippen MR) is 103 cm³/mol. The Kier molecular flexibility index (Phi) is 4.72. The maximum atomic E-state index is 13.8. The lowest BCUT2D eigenvalue weighted by Crippen LogP contribution is -2.39. The largest absolute Gasteiger partial charge is 0.265 e. The summed E-state index contributed by atoms with van der Waals surface area (Å²) in [5.41, 5.74) is 0.507. The second-order valence-corrected chi connectivity index (χ2v) is 7.34. The molecule has 0 spiro atoms. The number of nitrogens with zero attached hydrogens (tertiary/aromatic N) is 4. The smallest absolute Gasteiger partial charge is 0.244 e. The molecule has 5 nitrogen and oxygen atoms in total. The van der Waals surface area contributed by atoms with Crippen molar-refractivity contribution in [2.75, 3.05) is 0 Å². The van der Waals surface area contributed by atoms with Crippen molar-refractivity contribution in [2.45, 2.75) is 18.3 Å². The molecule has 0 saturated heterocycles. The standard InChI is InChI=1S/C19H13Cl2F2N5/c20-12-3-6-14(15(21)9-12)19(7-8-19)17(26-23)28-18(24)25-10-16(27-28)11-1-4-13(22)5-2-11/h1-6,9-10,24H,7-8H2/b24-18?,26-17-. The fourth-order valence-corrected chi connectivity index (χ4v) is 3.78. The highest BCUT2D eigenvalue weighted by Gasteiger charge is 2.52. The number of hydrogen-bond acceptors (Lipinski definition) is 4. The van der Waals surface area contributed by atoms with Gasteiger partial charge in [-0.1, -0.05) is 39.0 Å². The van der Waals surface area contributed by atoms with E-state index in [9.17, 15) is 8.87 Å². The van der Waals surface area contributed by atoms with Crippen LogP contribution in [0.3, 0.4) is 0 Å². The second-order valence-electron chi connectivity index (χ2n) is 6.50. The molecule has 1 aliphatic carbocycles. The summed E-state index contributed by atoms with van der Waals surface area (Å²) in [4.78, 5) is 3.99. The first-order valence-electron chi connectivity index (χ1n) is 8.37. The molecule has 0 aliphatic heterocycles. The first kappa shape index (κ1) is 18.7. The molecule has 0 atom stereocenters. The third kappa shape index (κ3) is 3.21. The quantitative estimate of drug-likeness (QED) is 0.492. The highest BCUT2D eigenvalue weighted by molar-refractivity contribution is 6.35. The fraction of sp³-hybridized carbons (Fsp3) is 0.158. The molecule has 0 amide bonds. The van der Waals surface area contributed by atoms with Gasteiger partial charge in [0.2, 0.25) is 5.62 Å². The Morgan fingerprint density at radius 2 is 1.86 bits per heavy atom. The topological polar surface area (TPSA) is 66.9 Å². The predicted octanol–water partition coefficient (Wildman–Crippen LogP) is 4.73. The van der Waals surface area contributed by atoms with E-state index in [0.29, 0.717) is 39.7 Å². The van der Waals surface area contributed by atoms with Crippen LogP contribution in [0.1, 0.15) is 18.4 Å². The van der Waals surface area contributed by atoms with Gasteiger partial charge in [0.15, 0.2) is 5.84 Å².